The van der Waals surface area contributed by atoms with Crippen LogP contribution in [-0.4, -0.2) is 83.2 Å². The maximum atomic E-state index is 14.4. The molecule has 1 aliphatic heterocycles. The van der Waals surface area contributed by atoms with Gasteiger partial charge in [0.15, 0.2) is 0 Å². The highest BCUT2D eigenvalue weighted by Crippen LogP contribution is 2.45. The molecule has 49 heavy (non-hydrogen) atoms. The fourth-order valence-corrected chi connectivity index (χ4v) is 7.58. The van der Waals surface area contributed by atoms with Crippen molar-refractivity contribution in [3.8, 4) is 5.88 Å². The van der Waals surface area contributed by atoms with Crippen LogP contribution in [0.15, 0.2) is 43.0 Å². The first kappa shape index (κ1) is 36.4. The molecule has 2 saturated carbocycles. The largest absolute Gasteiger partial charge is 0.472 e. The van der Waals surface area contributed by atoms with Crippen LogP contribution in [0.25, 0.3) is 10.8 Å². The molecule has 3 aliphatic rings. The van der Waals surface area contributed by atoms with Crippen molar-refractivity contribution in [3.05, 3.63) is 48.1 Å². The van der Waals surface area contributed by atoms with E-state index in [1.165, 1.54) is 11.0 Å². The minimum atomic E-state index is -3.90. The predicted octanol–water partition coefficient (Wildman–Crippen LogP) is 3.85. The van der Waals surface area contributed by atoms with Gasteiger partial charge in [0, 0.05) is 17.7 Å². The predicted molar refractivity (Wildman–Crippen MR) is 183 cm³/mol. The first-order chi connectivity index (χ1) is 22.7. The first-order valence-corrected chi connectivity index (χ1v) is 18.2. The molecule has 15 heteroatoms. The zero-order valence-corrected chi connectivity index (χ0v) is 30.1. The molecule has 3 N–H and O–H groups in total. The summed E-state index contributed by atoms with van der Waals surface area (Å²) in [5.41, 5.74) is -3.20. The van der Waals surface area contributed by atoms with Gasteiger partial charge >= 0.3 is 6.09 Å². The maximum absolute atomic E-state index is 14.4. The van der Waals surface area contributed by atoms with E-state index in [0.717, 1.165) is 5.39 Å². The Hall–Kier alpha value is -3.91. The number of fused-ring (bicyclic) bond motifs is 1. The summed E-state index contributed by atoms with van der Waals surface area (Å²) in [6.07, 6.45) is 0.988. The Morgan fingerprint density at radius 1 is 1.12 bits per heavy atom. The van der Waals surface area contributed by atoms with Gasteiger partial charge in [0.25, 0.3) is 5.91 Å². The van der Waals surface area contributed by atoms with Gasteiger partial charge in [0.05, 0.1) is 11.8 Å². The molecule has 0 bridgehead atoms. The van der Waals surface area contributed by atoms with Gasteiger partial charge in [-0.05, 0) is 63.0 Å². The summed E-state index contributed by atoms with van der Waals surface area (Å²) < 4.78 is 39.2. The van der Waals surface area contributed by atoms with Crippen LogP contribution >= 0.6 is 11.6 Å². The van der Waals surface area contributed by atoms with Gasteiger partial charge in [-0.25, -0.2) is 18.2 Å². The van der Waals surface area contributed by atoms with Gasteiger partial charge in [0.1, 0.15) is 34.5 Å². The Morgan fingerprint density at radius 2 is 1.80 bits per heavy atom. The van der Waals surface area contributed by atoms with Crippen LogP contribution in [0.2, 0.25) is 5.15 Å². The lowest BCUT2D eigenvalue weighted by molar-refractivity contribution is -0.143. The Balaban J connectivity index is 1.45. The van der Waals surface area contributed by atoms with Crippen molar-refractivity contribution in [2.24, 2.45) is 11.3 Å². The Morgan fingerprint density at radius 3 is 2.39 bits per heavy atom. The molecule has 5 rings (SSSR count). The normalized spacial score (nSPS) is 24.5. The summed E-state index contributed by atoms with van der Waals surface area (Å²) in [6, 6.07) is 6.75. The van der Waals surface area contributed by atoms with Crippen molar-refractivity contribution in [3.63, 3.8) is 0 Å². The minimum absolute atomic E-state index is 0.000220. The van der Waals surface area contributed by atoms with Gasteiger partial charge < -0.3 is 25.0 Å². The quantitative estimate of drug-likeness (QED) is 0.244. The molecule has 2 aromatic rings. The zero-order chi connectivity index (χ0) is 36.1. The molecule has 5 unspecified atom stereocenters. The maximum Gasteiger partial charge on any atom is 0.408 e. The number of rotatable bonds is 10. The van der Waals surface area contributed by atoms with E-state index < -0.39 is 79.7 Å². The number of hydrogen-bond donors (Lipinski definition) is 3. The lowest BCUT2D eigenvalue weighted by Gasteiger charge is -2.36. The molecule has 2 heterocycles. The number of nitrogens with one attached hydrogen (secondary N) is 3. The molecule has 5 atom stereocenters. The van der Waals surface area contributed by atoms with E-state index in [9.17, 15) is 27.6 Å². The highest BCUT2D eigenvalue weighted by Gasteiger charge is 2.62. The van der Waals surface area contributed by atoms with Crippen molar-refractivity contribution in [2.45, 2.75) is 102 Å². The van der Waals surface area contributed by atoms with E-state index in [4.69, 9.17) is 21.1 Å². The smallest absolute Gasteiger partial charge is 0.408 e. The number of carbonyl (C=O) groups is 4. The van der Waals surface area contributed by atoms with Crippen LogP contribution in [0.1, 0.15) is 67.2 Å². The molecule has 0 spiro atoms. The summed E-state index contributed by atoms with van der Waals surface area (Å²) in [5, 5.41) is 6.46. The second-order valence-corrected chi connectivity index (χ2v) is 17.4. The topological polar surface area (TPSA) is 173 Å². The third kappa shape index (κ3) is 8.12. The van der Waals surface area contributed by atoms with E-state index in [1.54, 1.807) is 47.6 Å². The summed E-state index contributed by atoms with van der Waals surface area (Å²) in [5.74, 6) is -2.41. The molecule has 0 radical (unpaired) electrons. The van der Waals surface area contributed by atoms with Crippen molar-refractivity contribution in [1.82, 2.24) is 25.2 Å². The standard InChI is InChI=1S/C34H44ClN5O8S/c1-8-20-17-34(20,30(43)39-49(45,46)22-13-14-22)38-27(41)24-16-21(47-28-23-12-10-9-11-19(23)15-25(35)36-28)18-40(24)29(42)26(32(2,3)4)37-31(44)48-33(5,6)7/h8-12,15,20-22,24,26H,1,13-14,16-18H2,2-7H3,(H,37,44)(H,38,41)(H,39,43). The Bertz CT molecular complexity index is 1780. The molecule has 2 aliphatic carbocycles. The first-order valence-electron chi connectivity index (χ1n) is 16.3. The van der Waals surface area contributed by atoms with Crippen LogP contribution in [0, 0.1) is 11.3 Å². The number of benzene rings is 1. The molecule has 1 aromatic heterocycles. The third-order valence-corrected chi connectivity index (χ3v) is 10.8. The average Bonchev–Trinajstić information content (AvgIpc) is 3.91. The Labute approximate surface area is 291 Å². The number of likely N-dealkylation sites (tertiary alicyclic amines) is 1. The SMILES string of the molecule is C=CC1CC1(NC(=O)C1CC(Oc2nc(Cl)cc3ccccc23)CN1C(=O)C(NC(=O)OC(C)(C)C)C(C)(C)C)C(=O)NS(=O)(=O)C1CC1. The van der Waals surface area contributed by atoms with Crippen molar-refractivity contribution in [1.29, 1.82) is 0 Å². The number of amides is 4. The summed E-state index contributed by atoms with van der Waals surface area (Å²) >= 11 is 6.30. The lowest BCUT2D eigenvalue weighted by Crippen LogP contribution is -2.60. The van der Waals surface area contributed by atoms with Crippen molar-refractivity contribution >= 4 is 56.2 Å². The third-order valence-electron chi connectivity index (χ3n) is 8.82. The number of hydrogen-bond acceptors (Lipinski definition) is 9. The molecular formula is C34H44ClN5O8S. The van der Waals surface area contributed by atoms with Crippen LogP contribution in [0.5, 0.6) is 5.88 Å². The van der Waals surface area contributed by atoms with Crippen molar-refractivity contribution in [2.75, 3.05) is 6.54 Å². The zero-order valence-electron chi connectivity index (χ0n) is 28.5. The second kappa shape index (κ2) is 13.1. The van der Waals surface area contributed by atoms with Gasteiger partial charge in [0.2, 0.25) is 27.7 Å². The summed E-state index contributed by atoms with van der Waals surface area (Å²) in [6.45, 7) is 14.1. The van der Waals surface area contributed by atoms with Gasteiger partial charge in [-0.1, -0.05) is 56.6 Å². The van der Waals surface area contributed by atoms with E-state index in [1.807, 2.05) is 24.3 Å². The number of alkyl carbamates (subject to hydrolysis) is 1. The van der Waals surface area contributed by atoms with E-state index in [2.05, 4.69) is 26.9 Å². The number of pyridine rings is 1. The second-order valence-electron chi connectivity index (χ2n) is 15.1. The lowest BCUT2D eigenvalue weighted by atomic mass is 9.85. The fraction of sp³-hybridized carbons (Fsp3) is 0.559. The molecule has 4 amide bonds. The van der Waals surface area contributed by atoms with E-state index in [-0.39, 0.29) is 30.4 Å². The summed E-state index contributed by atoms with van der Waals surface area (Å²) in [7, 11) is -3.90. The molecule has 3 fully saturated rings. The molecular weight excluding hydrogens is 674 g/mol. The number of aromatic nitrogens is 1. The molecule has 1 saturated heterocycles. The van der Waals surface area contributed by atoms with E-state index in [0.29, 0.717) is 18.2 Å². The monoisotopic (exact) mass is 717 g/mol. The van der Waals surface area contributed by atoms with E-state index >= 15 is 0 Å². The number of carbonyl (C=O) groups excluding carboxylic acids is 4. The molecule has 266 valence electrons. The number of nitrogens with zero attached hydrogens (tertiary/aromatic N) is 2. The van der Waals surface area contributed by atoms with Crippen LogP contribution in [0.4, 0.5) is 4.79 Å². The molecule has 1 aromatic carbocycles. The average molecular weight is 718 g/mol. The van der Waals surface area contributed by atoms with Gasteiger partial charge in [-0.15, -0.1) is 6.58 Å². The Kier molecular flexibility index (Phi) is 9.71. The minimum Gasteiger partial charge on any atom is -0.472 e. The number of ether oxygens (including phenoxy) is 2. The van der Waals surface area contributed by atoms with Crippen LogP contribution in [-0.2, 0) is 29.1 Å². The van der Waals surface area contributed by atoms with Crippen LogP contribution in [0.3, 0.4) is 0 Å². The highest BCUT2D eigenvalue weighted by atomic mass is 35.5. The number of sulfonamides is 1. The number of halogens is 1. The molecule has 13 nitrogen and oxygen atoms in total. The van der Waals surface area contributed by atoms with Gasteiger partial charge in [-0.2, -0.15) is 0 Å². The fourth-order valence-electron chi connectivity index (χ4n) is 6.02. The van der Waals surface area contributed by atoms with Gasteiger partial charge in [-0.3, -0.25) is 19.1 Å². The van der Waals surface area contributed by atoms with Crippen LogP contribution < -0.4 is 20.1 Å². The van der Waals surface area contributed by atoms with Crippen molar-refractivity contribution < 1.29 is 37.1 Å². The summed E-state index contributed by atoms with van der Waals surface area (Å²) in [4.78, 5) is 60.5. The highest BCUT2D eigenvalue weighted by molar-refractivity contribution is 7.91.